The third kappa shape index (κ3) is 5.91. The Kier molecular flexibility index (Phi) is 6.66. The van der Waals surface area contributed by atoms with Gasteiger partial charge in [-0.25, -0.2) is 0 Å². The first-order valence-corrected chi connectivity index (χ1v) is 11.2. The predicted octanol–water partition coefficient (Wildman–Crippen LogP) is 3.69. The van der Waals surface area contributed by atoms with E-state index >= 15 is 0 Å². The molecule has 1 heterocycles. The molecule has 166 valence electrons. The number of hydrogen-bond donors (Lipinski definition) is 2. The van der Waals surface area contributed by atoms with E-state index in [4.69, 9.17) is 9.47 Å². The Morgan fingerprint density at radius 1 is 1.06 bits per heavy atom. The maximum atomic E-state index is 11.7. The number of nitrogens with zero attached hydrogens (tertiary/aromatic N) is 1. The van der Waals surface area contributed by atoms with Gasteiger partial charge >= 0.3 is 0 Å². The molecule has 1 aliphatic heterocycles. The normalized spacial score (nSPS) is 20.2. The van der Waals surface area contributed by atoms with E-state index in [9.17, 15) is 9.90 Å². The highest BCUT2D eigenvalue weighted by molar-refractivity contribution is 5.80. The van der Waals surface area contributed by atoms with Gasteiger partial charge in [-0.3, -0.25) is 4.79 Å². The number of amides is 1. The predicted molar refractivity (Wildman–Crippen MR) is 121 cm³/mol. The summed E-state index contributed by atoms with van der Waals surface area (Å²) in [4.78, 5) is 14.0. The lowest BCUT2D eigenvalue weighted by Gasteiger charge is -2.20. The number of ether oxygens (including phenoxy) is 2. The van der Waals surface area contributed by atoms with E-state index in [0.717, 1.165) is 49.1 Å². The quantitative estimate of drug-likeness (QED) is 0.642. The standard InChI is InChI=1S/C25H32N2O4/c1-17(26-25(29)18(2)28)20-5-9-23(10-6-20)31-24-13-14-27(15-24)21-7-11-22(12-8-21)30-16-19-3-4-19/h5-12,17-19,24,28H,3-4,13-16H2,1-2H3,(H,26,29)/t17-,18-,24+/m0/s1. The summed E-state index contributed by atoms with van der Waals surface area (Å²) < 4.78 is 12.0. The summed E-state index contributed by atoms with van der Waals surface area (Å²) in [5.41, 5.74) is 2.17. The highest BCUT2D eigenvalue weighted by Crippen LogP contribution is 2.30. The average Bonchev–Trinajstić information content (AvgIpc) is 3.49. The van der Waals surface area contributed by atoms with E-state index in [0.29, 0.717) is 0 Å². The van der Waals surface area contributed by atoms with Crippen LogP contribution in [0.1, 0.15) is 44.7 Å². The smallest absolute Gasteiger partial charge is 0.249 e. The van der Waals surface area contributed by atoms with Crippen LogP contribution >= 0.6 is 0 Å². The van der Waals surface area contributed by atoms with Gasteiger partial charge in [0.15, 0.2) is 0 Å². The molecule has 2 aromatic rings. The molecule has 4 rings (SSSR count). The summed E-state index contributed by atoms with van der Waals surface area (Å²) in [6.45, 7) is 6.01. The van der Waals surface area contributed by atoms with Gasteiger partial charge in [0, 0.05) is 18.7 Å². The zero-order valence-corrected chi connectivity index (χ0v) is 18.3. The maximum Gasteiger partial charge on any atom is 0.249 e. The lowest BCUT2D eigenvalue weighted by atomic mass is 10.1. The molecule has 0 bridgehead atoms. The summed E-state index contributed by atoms with van der Waals surface area (Å²) in [5.74, 6) is 2.16. The van der Waals surface area contributed by atoms with Crippen molar-refractivity contribution < 1.29 is 19.4 Å². The van der Waals surface area contributed by atoms with E-state index in [-0.39, 0.29) is 18.1 Å². The number of rotatable bonds is 9. The van der Waals surface area contributed by atoms with Gasteiger partial charge in [0.25, 0.3) is 0 Å². The lowest BCUT2D eigenvalue weighted by molar-refractivity contribution is -0.129. The highest BCUT2D eigenvalue weighted by atomic mass is 16.5. The molecule has 31 heavy (non-hydrogen) atoms. The molecule has 0 unspecified atom stereocenters. The fourth-order valence-corrected chi connectivity index (χ4v) is 3.76. The Morgan fingerprint density at radius 2 is 1.74 bits per heavy atom. The van der Waals surface area contributed by atoms with Crippen LogP contribution in [0, 0.1) is 5.92 Å². The second kappa shape index (κ2) is 9.60. The number of carbonyl (C=O) groups is 1. The first-order chi connectivity index (χ1) is 15.0. The Labute approximate surface area is 184 Å². The van der Waals surface area contributed by atoms with Crippen molar-refractivity contribution in [2.75, 3.05) is 24.6 Å². The number of aliphatic hydroxyl groups is 1. The van der Waals surface area contributed by atoms with Gasteiger partial charge in [-0.1, -0.05) is 12.1 Å². The fraction of sp³-hybridized carbons (Fsp3) is 0.480. The van der Waals surface area contributed by atoms with Crippen LogP contribution in [0.5, 0.6) is 11.5 Å². The van der Waals surface area contributed by atoms with Gasteiger partial charge in [-0.15, -0.1) is 0 Å². The molecule has 1 saturated heterocycles. The molecule has 6 nitrogen and oxygen atoms in total. The van der Waals surface area contributed by atoms with Crippen LogP contribution < -0.4 is 19.7 Å². The molecular formula is C25H32N2O4. The monoisotopic (exact) mass is 424 g/mol. The molecule has 3 atom stereocenters. The van der Waals surface area contributed by atoms with E-state index in [1.807, 2.05) is 31.2 Å². The van der Waals surface area contributed by atoms with Crippen LogP contribution in [0.3, 0.4) is 0 Å². The highest BCUT2D eigenvalue weighted by Gasteiger charge is 2.25. The van der Waals surface area contributed by atoms with Crippen molar-refractivity contribution >= 4 is 11.6 Å². The van der Waals surface area contributed by atoms with Gasteiger partial charge < -0.3 is 24.8 Å². The lowest BCUT2D eigenvalue weighted by Crippen LogP contribution is -2.34. The minimum Gasteiger partial charge on any atom is -0.493 e. The molecule has 2 aliphatic rings. The van der Waals surface area contributed by atoms with Gasteiger partial charge in [-0.2, -0.15) is 0 Å². The Bertz CT molecular complexity index is 862. The van der Waals surface area contributed by atoms with Gasteiger partial charge in [0.1, 0.15) is 23.7 Å². The molecule has 1 saturated carbocycles. The topological polar surface area (TPSA) is 71.0 Å². The van der Waals surface area contributed by atoms with Crippen LogP contribution in [0.25, 0.3) is 0 Å². The molecule has 0 radical (unpaired) electrons. The maximum absolute atomic E-state index is 11.7. The van der Waals surface area contributed by atoms with E-state index in [1.54, 1.807) is 0 Å². The number of hydrogen-bond acceptors (Lipinski definition) is 5. The Balaban J connectivity index is 1.26. The van der Waals surface area contributed by atoms with Crippen LogP contribution in [0.15, 0.2) is 48.5 Å². The summed E-state index contributed by atoms with van der Waals surface area (Å²) in [7, 11) is 0. The zero-order chi connectivity index (χ0) is 21.8. The molecular weight excluding hydrogens is 392 g/mol. The van der Waals surface area contributed by atoms with Crippen LogP contribution in [0.4, 0.5) is 5.69 Å². The summed E-state index contributed by atoms with van der Waals surface area (Å²) >= 11 is 0. The van der Waals surface area contributed by atoms with Crippen molar-refractivity contribution in [3.05, 3.63) is 54.1 Å². The second-order valence-corrected chi connectivity index (χ2v) is 8.70. The van der Waals surface area contributed by atoms with Crippen molar-refractivity contribution in [1.82, 2.24) is 5.32 Å². The molecule has 2 aromatic carbocycles. The van der Waals surface area contributed by atoms with Crippen molar-refractivity contribution in [3.8, 4) is 11.5 Å². The van der Waals surface area contributed by atoms with Crippen molar-refractivity contribution in [2.24, 2.45) is 5.92 Å². The molecule has 2 fully saturated rings. The van der Waals surface area contributed by atoms with E-state index in [1.165, 1.54) is 25.5 Å². The number of benzene rings is 2. The number of aliphatic hydroxyl groups excluding tert-OH is 1. The minimum atomic E-state index is -1.01. The Morgan fingerprint density at radius 3 is 2.39 bits per heavy atom. The SMILES string of the molecule is C[C@H](O)C(=O)N[C@@H](C)c1ccc(O[C@@H]2CCN(c3ccc(OCC4CC4)cc3)C2)cc1. The minimum absolute atomic E-state index is 0.143. The first-order valence-electron chi connectivity index (χ1n) is 11.2. The largest absolute Gasteiger partial charge is 0.493 e. The second-order valence-electron chi connectivity index (χ2n) is 8.70. The number of carbonyl (C=O) groups excluding carboxylic acids is 1. The molecule has 0 spiro atoms. The van der Waals surface area contributed by atoms with E-state index < -0.39 is 6.10 Å². The van der Waals surface area contributed by atoms with Crippen LogP contribution in [0.2, 0.25) is 0 Å². The third-order valence-corrected chi connectivity index (χ3v) is 5.95. The summed E-state index contributed by atoms with van der Waals surface area (Å²) in [6, 6.07) is 16.0. The first kappa shape index (κ1) is 21.5. The molecule has 1 aliphatic carbocycles. The van der Waals surface area contributed by atoms with Gasteiger partial charge in [0.05, 0.1) is 19.2 Å². The van der Waals surface area contributed by atoms with Gasteiger partial charge in [0.2, 0.25) is 5.91 Å². The molecule has 6 heteroatoms. The Hall–Kier alpha value is -2.73. The van der Waals surface area contributed by atoms with Gasteiger partial charge in [-0.05, 0) is 74.6 Å². The number of nitrogens with one attached hydrogen (secondary N) is 1. The molecule has 0 aromatic heterocycles. The van der Waals surface area contributed by atoms with Crippen LogP contribution in [-0.2, 0) is 4.79 Å². The number of anilines is 1. The van der Waals surface area contributed by atoms with Crippen LogP contribution in [-0.4, -0.2) is 42.9 Å². The summed E-state index contributed by atoms with van der Waals surface area (Å²) in [5, 5.41) is 12.1. The third-order valence-electron chi connectivity index (χ3n) is 5.95. The van der Waals surface area contributed by atoms with Crippen molar-refractivity contribution in [2.45, 2.75) is 51.4 Å². The molecule has 2 N–H and O–H groups in total. The average molecular weight is 425 g/mol. The fourth-order valence-electron chi connectivity index (χ4n) is 3.76. The van der Waals surface area contributed by atoms with E-state index in [2.05, 4.69) is 34.5 Å². The molecule has 1 amide bonds. The van der Waals surface area contributed by atoms with Crippen molar-refractivity contribution in [3.63, 3.8) is 0 Å². The zero-order valence-electron chi connectivity index (χ0n) is 18.3. The van der Waals surface area contributed by atoms with Crippen molar-refractivity contribution in [1.29, 1.82) is 0 Å². The summed E-state index contributed by atoms with van der Waals surface area (Å²) in [6.07, 6.45) is 2.71.